The molecule has 0 spiro atoms. The SMILES string of the molecule is COc1cc(/C=C(/C#N)c2nnc3n2CCCCC3)ccc1OC(=O)c1ccc2ncccc2c1. The summed E-state index contributed by atoms with van der Waals surface area (Å²) in [5, 5.41) is 19.2. The lowest BCUT2D eigenvalue weighted by atomic mass is 10.1. The number of allylic oxidation sites excluding steroid dienone is 1. The minimum absolute atomic E-state index is 0.288. The molecule has 4 aromatic rings. The van der Waals surface area contributed by atoms with Gasteiger partial charge in [0.1, 0.15) is 11.9 Å². The minimum Gasteiger partial charge on any atom is -0.493 e. The summed E-state index contributed by atoms with van der Waals surface area (Å²) in [6.07, 6.45) is 7.58. The van der Waals surface area contributed by atoms with E-state index in [1.165, 1.54) is 7.11 Å². The second-order valence-electron chi connectivity index (χ2n) is 8.28. The summed E-state index contributed by atoms with van der Waals surface area (Å²) < 4.78 is 13.1. The molecule has 0 saturated heterocycles. The van der Waals surface area contributed by atoms with E-state index < -0.39 is 5.97 Å². The van der Waals surface area contributed by atoms with E-state index in [9.17, 15) is 10.1 Å². The number of pyridine rings is 1. The van der Waals surface area contributed by atoms with Crippen molar-refractivity contribution >= 4 is 28.5 Å². The van der Waals surface area contributed by atoms with Crippen molar-refractivity contribution in [3.05, 3.63) is 77.5 Å². The Labute approximate surface area is 202 Å². The van der Waals surface area contributed by atoms with Gasteiger partial charge in [-0.05, 0) is 60.9 Å². The first-order valence-electron chi connectivity index (χ1n) is 11.5. The summed E-state index contributed by atoms with van der Waals surface area (Å²) in [7, 11) is 1.51. The average molecular weight is 466 g/mol. The van der Waals surface area contributed by atoms with E-state index >= 15 is 0 Å². The van der Waals surface area contributed by atoms with Gasteiger partial charge < -0.3 is 14.0 Å². The summed E-state index contributed by atoms with van der Waals surface area (Å²) in [6, 6.07) is 16.3. The van der Waals surface area contributed by atoms with Crippen LogP contribution in [0.15, 0.2) is 54.7 Å². The molecule has 1 aliphatic heterocycles. The summed E-state index contributed by atoms with van der Waals surface area (Å²) >= 11 is 0. The van der Waals surface area contributed by atoms with Gasteiger partial charge in [-0.1, -0.05) is 18.6 Å². The molecule has 5 rings (SSSR count). The third kappa shape index (κ3) is 4.62. The Morgan fingerprint density at radius 1 is 1.09 bits per heavy atom. The molecule has 2 aromatic heterocycles. The van der Waals surface area contributed by atoms with E-state index in [0.717, 1.165) is 54.5 Å². The minimum atomic E-state index is -0.499. The number of benzene rings is 2. The van der Waals surface area contributed by atoms with Crippen LogP contribution in [-0.2, 0) is 13.0 Å². The van der Waals surface area contributed by atoms with Crippen LogP contribution < -0.4 is 9.47 Å². The number of rotatable bonds is 5. The number of ether oxygens (including phenoxy) is 2. The predicted octanol–water partition coefficient (Wildman–Crippen LogP) is 4.84. The molecule has 0 atom stereocenters. The summed E-state index contributed by atoms with van der Waals surface area (Å²) in [6.45, 7) is 0.805. The van der Waals surface area contributed by atoms with Crippen molar-refractivity contribution in [1.29, 1.82) is 5.26 Å². The molecule has 0 aliphatic carbocycles. The Morgan fingerprint density at radius 3 is 2.86 bits per heavy atom. The third-order valence-electron chi connectivity index (χ3n) is 6.01. The van der Waals surface area contributed by atoms with Crippen LogP contribution in [0.3, 0.4) is 0 Å². The average Bonchev–Trinajstić information content (AvgIpc) is 3.14. The van der Waals surface area contributed by atoms with Crippen molar-refractivity contribution in [1.82, 2.24) is 19.7 Å². The smallest absolute Gasteiger partial charge is 0.343 e. The number of hydrogen-bond donors (Lipinski definition) is 0. The number of aryl methyl sites for hydroxylation is 1. The Bertz CT molecular complexity index is 1480. The molecule has 1 aliphatic rings. The lowest BCUT2D eigenvalue weighted by molar-refractivity contribution is 0.0730. The molecule has 2 aromatic carbocycles. The van der Waals surface area contributed by atoms with Crippen molar-refractivity contribution < 1.29 is 14.3 Å². The molecular formula is C27H23N5O3. The van der Waals surface area contributed by atoms with Crippen LogP contribution in [0.1, 0.15) is 46.8 Å². The van der Waals surface area contributed by atoms with E-state index in [0.29, 0.717) is 22.7 Å². The van der Waals surface area contributed by atoms with Crippen molar-refractivity contribution in [2.45, 2.75) is 32.2 Å². The highest BCUT2D eigenvalue weighted by Crippen LogP contribution is 2.31. The first-order chi connectivity index (χ1) is 17.2. The molecule has 0 unspecified atom stereocenters. The largest absolute Gasteiger partial charge is 0.493 e. The molecule has 3 heterocycles. The first kappa shape index (κ1) is 22.3. The highest BCUT2D eigenvalue weighted by atomic mass is 16.6. The van der Waals surface area contributed by atoms with Gasteiger partial charge in [-0.3, -0.25) is 4.98 Å². The van der Waals surface area contributed by atoms with Crippen LogP contribution in [0.5, 0.6) is 11.5 Å². The normalized spacial score (nSPS) is 13.5. The molecule has 0 radical (unpaired) electrons. The molecule has 0 N–H and O–H groups in total. The molecule has 174 valence electrons. The highest BCUT2D eigenvalue weighted by molar-refractivity contribution is 5.96. The molecule has 0 amide bonds. The van der Waals surface area contributed by atoms with Crippen LogP contribution in [-0.4, -0.2) is 32.8 Å². The summed E-state index contributed by atoms with van der Waals surface area (Å²) in [4.78, 5) is 17.1. The quantitative estimate of drug-likeness (QED) is 0.236. The number of aromatic nitrogens is 4. The fourth-order valence-electron chi connectivity index (χ4n) is 4.22. The van der Waals surface area contributed by atoms with E-state index in [2.05, 4.69) is 21.3 Å². The van der Waals surface area contributed by atoms with E-state index in [1.807, 2.05) is 16.7 Å². The molecule has 0 bridgehead atoms. The molecular weight excluding hydrogens is 442 g/mol. The molecule has 35 heavy (non-hydrogen) atoms. The fraction of sp³-hybridized carbons (Fsp3) is 0.222. The van der Waals surface area contributed by atoms with E-state index in [-0.39, 0.29) is 5.75 Å². The number of carbonyl (C=O) groups is 1. The molecule has 8 heteroatoms. The van der Waals surface area contributed by atoms with Crippen molar-refractivity contribution in [3.8, 4) is 17.6 Å². The van der Waals surface area contributed by atoms with Gasteiger partial charge in [0.2, 0.25) is 0 Å². The Balaban J connectivity index is 1.40. The Morgan fingerprint density at radius 2 is 2.00 bits per heavy atom. The zero-order valence-corrected chi connectivity index (χ0v) is 19.3. The van der Waals surface area contributed by atoms with Crippen molar-refractivity contribution in [3.63, 3.8) is 0 Å². The van der Waals surface area contributed by atoms with Gasteiger partial charge >= 0.3 is 5.97 Å². The van der Waals surface area contributed by atoms with Gasteiger partial charge in [0.15, 0.2) is 17.3 Å². The lowest BCUT2D eigenvalue weighted by Gasteiger charge is -2.11. The van der Waals surface area contributed by atoms with Gasteiger partial charge in [-0.15, -0.1) is 10.2 Å². The zero-order chi connectivity index (χ0) is 24.2. The van der Waals surface area contributed by atoms with Gasteiger partial charge in [-0.2, -0.15) is 5.26 Å². The number of nitrogens with zero attached hydrogens (tertiary/aromatic N) is 5. The first-order valence-corrected chi connectivity index (χ1v) is 11.5. The fourth-order valence-corrected chi connectivity index (χ4v) is 4.22. The number of carbonyl (C=O) groups excluding carboxylic acids is 1. The van der Waals surface area contributed by atoms with Gasteiger partial charge in [0.05, 0.1) is 23.8 Å². The number of hydrogen-bond acceptors (Lipinski definition) is 7. The van der Waals surface area contributed by atoms with Crippen LogP contribution in [0.4, 0.5) is 0 Å². The van der Waals surface area contributed by atoms with Crippen molar-refractivity contribution in [2.24, 2.45) is 0 Å². The Kier molecular flexibility index (Phi) is 6.22. The maximum Gasteiger partial charge on any atom is 0.343 e. The second kappa shape index (κ2) is 9.77. The maximum atomic E-state index is 12.8. The van der Waals surface area contributed by atoms with E-state index in [1.54, 1.807) is 48.7 Å². The number of esters is 1. The van der Waals surface area contributed by atoms with Crippen LogP contribution in [0, 0.1) is 11.3 Å². The van der Waals surface area contributed by atoms with Crippen LogP contribution in [0.25, 0.3) is 22.6 Å². The standard InChI is InChI=1S/C27H23N5O3/c1-34-24-15-18(14-21(17-28)26-31-30-25-7-3-2-4-13-32(25)26)8-11-23(24)35-27(33)20-9-10-22-19(16-20)6-5-12-29-22/h5-6,8-12,14-16H,2-4,7,13H2,1H3/b21-14-. The maximum absolute atomic E-state index is 12.8. The summed E-state index contributed by atoms with van der Waals surface area (Å²) in [5.41, 5.74) is 2.36. The monoisotopic (exact) mass is 465 g/mol. The lowest BCUT2D eigenvalue weighted by Crippen LogP contribution is -2.09. The van der Waals surface area contributed by atoms with Gasteiger partial charge in [0.25, 0.3) is 0 Å². The predicted molar refractivity (Wildman–Crippen MR) is 131 cm³/mol. The van der Waals surface area contributed by atoms with E-state index in [4.69, 9.17) is 9.47 Å². The van der Waals surface area contributed by atoms with Gasteiger partial charge in [-0.25, -0.2) is 4.79 Å². The topological polar surface area (TPSA) is 103 Å². The molecule has 0 fully saturated rings. The highest BCUT2D eigenvalue weighted by Gasteiger charge is 2.18. The number of fused-ring (bicyclic) bond motifs is 2. The Hall–Kier alpha value is -4.51. The molecule has 8 nitrogen and oxygen atoms in total. The summed E-state index contributed by atoms with van der Waals surface area (Å²) in [5.74, 6) is 1.66. The molecule has 0 saturated carbocycles. The van der Waals surface area contributed by atoms with Crippen LogP contribution in [0.2, 0.25) is 0 Å². The second-order valence-corrected chi connectivity index (χ2v) is 8.28. The van der Waals surface area contributed by atoms with Crippen LogP contribution >= 0.6 is 0 Å². The number of methoxy groups -OCH3 is 1. The third-order valence-corrected chi connectivity index (χ3v) is 6.01. The van der Waals surface area contributed by atoms with Crippen molar-refractivity contribution in [2.75, 3.05) is 7.11 Å². The zero-order valence-electron chi connectivity index (χ0n) is 19.3. The number of nitriles is 1. The van der Waals surface area contributed by atoms with Gasteiger partial charge in [0, 0.05) is 24.5 Å².